The Hall–Kier alpha value is -2.22. The number of aryl methyl sites for hydroxylation is 1. The van der Waals surface area contributed by atoms with Crippen LogP contribution in [0.2, 0.25) is 0 Å². The number of rotatable bonds is 4. The largest absolute Gasteiger partial charge is 0.514 e. The third-order valence-corrected chi connectivity index (χ3v) is 10.8. The van der Waals surface area contributed by atoms with Crippen molar-refractivity contribution >= 4 is 38.0 Å². The van der Waals surface area contributed by atoms with Gasteiger partial charge in [0.25, 0.3) is 0 Å². The van der Waals surface area contributed by atoms with E-state index in [0.29, 0.717) is 6.54 Å². The highest BCUT2D eigenvalue weighted by Gasteiger charge is 2.55. The van der Waals surface area contributed by atoms with Crippen molar-refractivity contribution in [1.29, 1.82) is 0 Å². The molecule has 0 bridgehead atoms. The summed E-state index contributed by atoms with van der Waals surface area (Å²) >= 11 is 0. The summed E-state index contributed by atoms with van der Waals surface area (Å²) in [6.45, 7) is 32.9. The molecule has 14 heteroatoms. The molecule has 0 radical (unpaired) electrons. The molecule has 0 saturated carbocycles. The van der Waals surface area contributed by atoms with Gasteiger partial charge in [-0.25, -0.2) is 0 Å². The number of nitrogens with zero attached hydrogens (tertiary/aromatic N) is 4. The van der Waals surface area contributed by atoms with Gasteiger partial charge in [0.1, 0.15) is 0 Å². The number of hydrogen-bond acceptors (Lipinski definition) is 10. The van der Waals surface area contributed by atoms with Crippen molar-refractivity contribution in [1.82, 2.24) is 9.78 Å². The first-order chi connectivity index (χ1) is 21.4. The van der Waals surface area contributed by atoms with Crippen LogP contribution in [0.25, 0.3) is 0 Å². The van der Waals surface area contributed by atoms with Crippen LogP contribution in [0.5, 0.6) is 0 Å². The Morgan fingerprint density at radius 2 is 1.15 bits per heavy atom. The average molecular weight is 651 g/mol. The third-order valence-electron chi connectivity index (χ3n) is 10.8. The van der Waals surface area contributed by atoms with Crippen LogP contribution < -0.4 is 11.2 Å². The molecule has 11 nitrogen and oxygen atoms in total. The number of hydrogen-bond donors (Lipinski definition) is 1. The zero-order valence-corrected chi connectivity index (χ0v) is 31.4. The highest BCUT2D eigenvalue weighted by atomic mass is 16.7. The van der Waals surface area contributed by atoms with Gasteiger partial charge in [-0.1, -0.05) is 6.08 Å². The maximum absolute atomic E-state index is 6.01. The fourth-order valence-corrected chi connectivity index (χ4v) is 5.28. The Morgan fingerprint density at radius 1 is 0.702 bits per heavy atom. The van der Waals surface area contributed by atoms with Crippen LogP contribution >= 0.6 is 0 Å². The van der Waals surface area contributed by atoms with E-state index in [0.717, 1.165) is 41.2 Å². The number of nitrogens with two attached hydrogens (primary N) is 1. The molecule has 1 aromatic rings. The molecule has 0 aromatic carbocycles. The number of allylic oxidation sites excluding steroid dienone is 2. The molecular formula is C33H56B3N5O6. The van der Waals surface area contributed by atoms with Gasteiger partial charge in [-0.05, 0) is 116 Å². The summed E-state index contributed by atoms with van der Waals surface area (Å²) in [5.41, 5.74) is 9.74. The van der Waals surface area contributed by atoms with Gasteiger partial charge >= 0.3 is 21.4 Å². The molecule has 0 spiro atoms. The first-order valence-corrected chi connectivity index (χ1v) is 16.7. The summed E-state index contributed by atoms with van der Waals surface area (Å²) in [6, 6.07) is 0. The first-order valence-electron chi connectivity index (χ1n) is 16.7. The van der Waals surface area contributed by atoms with Crippen LogP contribution in [0.4, 0.5) is 0 Å². The van der Waals surface area contributed by atoms with Gasteiger partial charge in [0.2, 0.25) is 0 Å². The zero-order chi connectivity index (χ0) is 35.4. The Kier molecular flexibility index (Phi) is 10.3. The predicted molar refractivity (Wildman–Crippen MR) is 191 cm³/mol. The second-order valence-corrected chi connectivity index (χ2v) is 15.8. The van der Waals surface area contributed by atoms with E-state index < -0.39 is 0 Å². The lowest BCUT2D eigenvalue weighted by Gasteiger charge is -2.32. The van der Waals surface area contributed by atoms with Crippen molar-refractivity contribution in [2.45, 2.75) is 144 Å². The number of aliphatic imine (C=N–C) groups is 2. The minimum Gasteiger partial charge on any atom is -0.400 e. The zero-order valence-electron chi connectivity index (χ0n) is 31.4. The van der Waals surface area contributed by atoms with E-state index in [2.05, 4.69) is 97.3 Å². The maximum atomic E-state index is 6.01. The summed E-state index contributed by atoms with van der Waals surface area (Å²) < 4.78 is 37.5. The molecule has 0 amide bonds. The quantitative estimate of drug-likeness (QED) is 0.475. The van der Waals surface area contributed by atoms with E-state index in [1.54, 1.807) is 0 Å². The summed E-state index contributed by atoms with van der Waals surface area (Å²) in [6.07, 6.45) is 5.78. The van der Waals surface area contributed by atoms with E-state index in [-0.39, 0.29) is 55.0 Å². The minimum absolute atomic E-state index is 0.275. The summed E-state index contributed by atoms with van der Waals surface area (Å²) in [5, 5.41) is 4.33. The van der Waals surface area contributed by atoms with Gasteiger partial charge in [0.05, 0.1) is 57.9 Å². The Labute approximate surface area is 283 Å². The smallest absolute Gasteiger partial charge is 0.400 e. The van der Waals surface area contributed by atoms with Crippen molar-refractivity contribution in [2.24, 2.45) is 15.7 Å². The minimum atomic E-state index is -0.379. The maximum Gasteiger partial charge on any atom is 0.514 e. The summed E-state index contributed by atoms with van der Waals surface area (Å²) in [7, 11) is -0.981. The van der Waals surface area contributed by atoms with E-state index in [1.807, 2.05) is 44.6 Å². The third kappa shape index (κ3) is 7.53. The second kappa shape index (κ2) is 12.9. The summed E-state index contributed by atoms with van der Waals surface area (Å²) in [5.74, 6) is 0. The molecule has 6 heterocycles. The van der Waals surface area contributed by atoms with E-state index in [1.165, 1.54) is 5.57 Å². The van der Waals surface area contributed by atoms with Crippen LogP contribution in [-0.2, 0) is 34.5 Å². The van der Waals surface area contributed by atoms with E-state index in [4.69, 9.17) is 33.7 Å². The molecule has 1 aromatic heterocycles. The normalized spacial score (nSPS) is 25.8. The molecule has 6 rings (SSSR count). The van der Waals surface area contributed by atoms with Crippen molar-refractivity contribution in [3.05, 3.63) is 35.3 Å². The molecule has 2 N–H and O–H groups in total. The van der Waals surface area contributed by atoms with Gasteiger partial charge in [-0.3, -0.25) is 14.7 Å². The SMILES string of the molecule is CC1(C)OB(C2=NCC(N)=C2)OC1(C)C.CC1=CCN=C1B1OC(C)(C)C(C)(C)O1.CCn1ncc(B2OC(C)(C)C(C)(C)O2)c1C. The van der Waals surface area contributed by atoms with Crippen molar-refractivity contribution in [3.8, 4) is 0 Å². The standard InChI is InChI=1S/C12H21BN2O2.C11H18BNO2.C10H17BN2O2/c1-7-15-9(2)10(8-14-15)13-16-11(3,4)12(5,6)17-13;1-8-6-7-13-9(8)12-14-10(2,3)11(4,5)15-12;1-9(2)10(3,4)15-11(14-9)8-5-7(12)6-13-8/h8H,7H2,1-6H3;6H,7H2,1-5H3;5H,6,12H2,1-4H3. The lowest BCUT2D eigenvalue weighted by Crippen LogP contribution is -2.41. The molecule has 5 aliphatic heterocycles. The molecular weight excluding hydrogens is 595 g/mol. The van der Waals surface area contributed by atoms with Crippen molar-refractivity contribution in [2.75, 3.05) is 13.1 Å². The van der Waals surface area contributed by atoms with Crippen LogP contribution in [0.15, 0.2) is 39.6 Å². The Morgan fingerprint density at radius 3 is 1.51 bits per heavy atom. The Bertz CT molecular complexity index is 1410. The van der Waals surface area contributed by atoms with Crippen molar-refractivity contribution < 1.29 is 27.9 Å². The fourth-order valence-electron chi connectivity index (χ4n) is 5.28. The van der Waals surface area contributed by atoms with Crippen LogP contribution in [0, 0.1) is 6.92 Å². The number of aromatic nitrogens is 2. The average Bonchev–Trinajstić information content (AvgIpc) is 3.74. The second-order valence-electron chi connectivity index (χ2n) is 15.8. The highest BCUT2D eigenvalue weighted by Crippen LogP contribution is 2.39. The molecule has 258 valence electrons. The topological polar surface area (TPSA) is 124 Å². The van der Waals surface area contributed by atoms with Gasteiger partial charge in [0, 0.05) is 29.6 Å². The van der Waals surface area contributed by atoms with Gasteiger partial charge in [0.15, 0.2) is 0 Å². The van der Waals surface area contributed by atoms with Gasteiger partial charge in [-0.2, -0.15) is 5.10 Å². The van der Waals surface area contributed by atoms with Crippen molar-refractivity contribution in [3.63, 3.8) is 0 Å². The van der Waals surface area contributed by atoms with E-state index >= 15 is 0 Å². The molecule has 0 atom stereocenters. The first kappa shape index (κ1) is 37.6. The molecule has 47 heavy (non-hydrogen) atoms. The van der Waals surface area contributed by atoms with Crippen LogP contribution in [0.3, 0.4) is 0 Å². The van der Waals surface area contributed by atoms with E-state index in [9.17, 15) is 0 Å². The molecule has 0 aliphatic carbocycles. The Balaban J connectivity index is 0.000000160. The molecule has 3 fully saturated rings. The molecule has 5 aliphatic rings. The molecule has 0 unspecified atom stereocenters. The van der Waals surface area contributed by atoms with Gasteiger partial charge < -0.3 is 33.7 Å². The lowest BCUT2D eigenvalue weighted by atomic mass is 9.78. The fraction of sp³-hybridized carbons (Fsp3) is 0.727. The van der Waals surface area contributed by atoms with Crippen LogP contribution in [-0.4, -0.2) is 89.1 Å². The predicted octanol–water partition coefficient (Wildman–Crippen LogP) is 4.44. The monoisotopic (exact) mass is 651 g/mol. The lowest BCUT2D eigenvalue weighted by molar-refractivity contribution is 0.00578. The van der Waals surface area contributed by atoms with Gasteiger partial charge in [-0.15, -0.1) is 0 Å². The molecule has 3 saturated heterocycles. The van der Waals surface area contributed by atoms with Crippen LogP contribution in [0.1, 0.15) is 103 Å². The highest BCUT2D eigenvalue weighted by molar-refractivity contribution is 6.86. The summed E-state index contributed by atoms with van der Waals surface area (Å²) in [4.78, 5) is 8.68.